The Bertz CT molecular complexity index is 968. The van der Waals surface area contributed by atoms with Crippen molar-refractivity contribution >= 4 is 46.1 Å². The molecule has 132 valence electrons. The molecule has 0 aliphatic rings. The van der Waals surface area contributed by atoms with Crippen molar-refractivity contribution in [3.8, 4) is 5.75 Å². The smallest absolute Gasteiger partial charge is 0.280 e. The maximum Gasteiger partial charge on any atom is 0.280 e. The highest BCUT2D eigenvalue weighted by Gasteiger charge is 2.15. The number of carbonyl (C=O) groups is 1. The van der Waals surface area contributed by atoms with E-state index in [0.717, 1.165) is 16.3 Å². The number of hydrogen-bond acceptors (Lipinski definition) is 3. The number of nitrogens with one attached hydrogen (secondary N) is 1. The van der Waals surface area contributed by atoms with Gasteiger partial charge in [0, 0.05) is 10.6 Å². The van der Waals surface area contributed by atoms with Crippen molar-refractivity contribution in [3.63, 3.8) is 0 Å². The summed E-state index contributed by atoms with van der Waals surface area (Å²) < 4.78 is 5.56. The van der Waals surface area contributed by atoms with Crippen molar-refractivity contribution in [3.05, 3.63) is 76.3 Å². The summed E-state index contributed by atoms with van der Waals surface area (Å²) in [6.07, 6.45) is 0.848. The number of rotatable bonds is 5. The van der Waals surface area contributed by atoms with E-state index in [-0.39, 0.29) is 5.91 Å². The van der Waals surface area contributed by atoms with E-state index in [1.807, 2.05) is 42.5 Å². The molecule has 4 nitrogen and oxygen atoms in total. The number of nitrogens with zero attached hydrogens (tertiary/aromatic N) is 1. The lowest BCUT2D eigenvalue weighted by Gasteiger charge is -2.14. The van der Waals surface area contributed by atoms with E-state index in [9.17, 15) is 4.79 Å². The predicted molar refractivity (Wildman–Crippen MR) is 106 cm³/mol. The molecule has 3 aromatic rings. The fourth-order valence-corrected chi connectivity index (χ4v) is 2.89. The first-order chi connectivity index (χ1) is 12.5. The van der Waals surface area contributed by atoms with E-state index >= 15 is 0 Å². The number of ether oxygens (including phenoxy) is 1. The Morgan fingerprint density at radius 1 is 1.12 bits per heavy atom. The molecule has 0 spiro atoms. The summed E-state index contributed by atoms with van der Waals surface area (Å²) in [6.45, 7) is 1.62. The summed E-state index contributed by atoms with van der Waals surface area (Å²) in [6, 6.07) is 18.7. The largest absolute Gasteiger partial charge is 0.479 e. The lowest BCUT2D eigenvalue weighted by atomic mass is 10.1. The summed E-state index contributed by atoms with van der Waals surface area (Å²) >= 11 is 11.9. The molecular weight excluding hydrogens is 371 g/mol. The van der Waals surface area contributed by atoms with Crippen molar-refractivity contribution in [2.75, 3.05) is 0 Å². The number of amides is 1. The second-order valence-corrected chi connectivity index (χ2v) is 6.48. The number of hydrogen-bond donors (Lipinski definition) is 1. The van der Waals surface area contributed by atoms with Crippen molar-refractivity contribution in [1.29, 1.82) is 0 Å². The van der Waals surface area contributed by atoms with Gasteiger partial charge in [-0.15, -0.1) is 0 Å². The Hall–Kier alpha value is -2.56. The van der Waals surface area contributed by atoms with Crippen molar-refractivity contribution in [1.82, 2.24) is 5.43 Å². The molecule has 0 aliphatic carbocycles. The third-order valence-electron chi connectivity index (χ3n) is 3.77. The zero-order chi connectivity index (χ0) is 18.5. The van der Waals surface area contributed by atoms with E-state index < -0.39 is 6.10 Å². The molecule has 1 amide bonds. The quantitative estimate of drug-likeness (QED) is 0.491. The molecule has 26 heavy (non-hydrogen) atoms. The van der Waals surface area contributed by atoms with Gasteiger partial charge in [0.05, 0.1) is 11.2 Å². The first kappa shape index (κ1) is 18.2. The lowest BCUT2D eigenvalue weighted by Crippen LogP contribution is -2.33. The highest BCUT2D eigenvalue weighted by molar-refractivity contribution is 6.35. The van der Waals surface area contributed by atoms with Crippen LogP contribution in [0.15, 0.2) is 65.8 Å². The molecule has 3 aromatic carbocycles. The summed E-state index contributed by atoms with van der Waals surface area (Å²) in [5, 5.41) is 7.04. The third-order valence-corrected chi connectivity index (χ3v) is 4.30. The van der Waals surface area contributed by atoms with Crippen LogP contribution in [-0.4, -0.2) is 18.2 Å². The minimum absolute atomic E-state index is 0.344. The zero-order valence-corrected chi connectivity index (χ0v) is 15.5. The summed E-state index contributed by atoms with van der Waals surface area (Å²) in [5.41, 5.74) is 3.40. The van der Waals surface area contributed by atoms with Gasteiger partial charge in [-0.2, -0.15) is 5.10 Å². The molecule has 0 heterocycles. The average molecular weight is 387 g/mol. The molecule has 0 aromatic heterocycles. The van der Waals surface area contributed by atoms with Crippen LogP contribution in [-0.2, 0) is 4.79 Å². The highest BCUT2D eigenvalue weighted by atomic mass is 35.5. The van der Waals surface area contributed by atoms with Crippen LogP contribution in [0, 0.1) is 0 Å². The minimum Gasteiger partial charge on any atom is -0.479 e. The second kappa shape index (κ2) is 8.21. The maximum absolute atomic E-state index is 12.2. The van der Waals surface area contributed by atoms with Crippen LogP contribution in [0.2, 0.25) is 10.0 Å². The van der Waals surface area contributed by atoms with Crippen molar-refractivity contribution in [2.24, 2.45) is 5.10 Å². The number of carbonyl (C=O) groups excluding carboxylic acids is 1. The first-order valence-corrected chi connectivity index (χ1v) is 8.72. The number of benzene rings is 3. The Kier molecular flexibility index (Phi) is 5.76. The molecule has 1 atom stereocenters. The first-order valence-electron chi connectivity index (χ1n) is 7.97. The van der Waals surface area contributed by atoms with Gasteiger partial charge in [0.25, 0.3) is 5.91 Å². The Labute approximate surface area is 161 Å². The second-order valence-electron chi connectivity index (χ2n) is 5.64. The Morgan fingerprint density at radius 2 is 1.88 bits per heavy atom. The van der Waals surface area contributed by atoms with Crippen molar-refractivity contribution < 1.29 is 9.53 Å². The SMILES string of the molecule is CC(Oc1ccc(Cl)cc1Cl)C(=O)NN=Cc1cccc2ccccc12. The van der Waals surface area contributed by atoms with Gasteiger partial charge in [0.1, 0.15) is 5.75 Å². The standard InChI is InChI=1S/C20H16Cl2N2O2/c1-13(26-19-10-9-16(21)11-18(19)22)20(25)24-23-12-15-7-4-6-14-5-2-3-8-17(14)15/h2-13H,1H3,(H,24,25). The molecule has 1 unspecified atom stereocenters. The van der Waals surface area contributed by atoms with Crippen LogP contribution >= 0.6 is 23.2 Å². The van der Waals surface area contributed by atoms with E-state index in [2.05, 4.69) is 10.5 Å². The molecule has 0 aliphatic heterocycles. The topological polar surface area (TPSA) is 50.7 Å². The van der Waals surface area contributed by atoms with Crippen LogP contribution < -0.4 is 10.2 Å². The average Bonchev–Trinajstić information content (AvgIpc) is 2.64. The van der Waals surface area contributed by atoms with E-state index in [1.54, 1.807) is 31.3 Å². The Morgan fingerprint density at radius 3 is 2.69 bits per heavy atom. The van der Waals surface area contributed by atoms with Gasteiger partial charge < -0.3 is 4.74 Å². The number of halogens is 2. The third kappa shape index (κ3) is 4.34. The van der Waals surface area contributed by atoms with Crippen LogP contribution in [0.4, 0.5) is 0 Å². The monoisotopic (exact) mass is 386 g/mol. The lowest BCUT2D eigenvalue weighted by molar-refractivity contribution is -0.127. The van der Waals surface area contributed by atoms with Crippen molar-refractivity contribution in [2.45, 2.75) is 13.0 Å². The summed E-state index contributed by atoms with van der Waals surface area (Å²) in [4.78, 5) is 12.2. The van der Waals surface area contributed by atoms with Crippen LogP contribution in [0.3, 0.4) is 0 Å². The molecule has 0 radical (unpaired) electrons. The minimum atomic E-state index is -0.765. The van der Waals surface area contributed by atoms with Gasteiger partial charge in [-0.05, 0) is 35.9 Å². The fraction of sp³-hybridized carbons (Fsp3) is 0.100. The van der Waals surface area contributed by atoms with Crippen LogP contribution in [0.25, 0.3) is 10.8 Å². The molecule has 0 saturated heterocycles. The predicted octanol–water partition coefficient (Wildman–Crippen LogP) is 5.06. The zero-order valence-electron chi connectivity index (χ0n) is 13.9. The van der Waals surface area contributed by atoms with Gasteiger partial charge in [0.2, 0.25) is 0 Å². The van der Waals surface area contributed by atoms with Gasteiger partial charge in [0.15, 0.2) is 6.10 Å². The molecule has 0 saturated carbocycles. The molecule has 3 rings (SSSR count). The molecule has 0 fully saturated rings. The van der Waals surface area contributed by atoms with Gasteiger partial charge in [-0.25, -0.2) is 5.43 Å². The molecule has 0 bridgehead atoms. The number of hydrazone groups is 1. The summed E-state index contributed by atoms with van der Waals surface area (Å²) in [5.74, 6) is 0.00394. The maximum atomic E-state index is 12.2. The summed E-state index contributed by atoms with van der Waals surface area (Å²) in [7, 11) is 0. The fourth-order valence-electron chi connectivity index (χ4n) is 2.43. The van der Waals surface area contributed by atoms with E-state index in [0.29, 0.717) is 15.8 Å². The van der Waals surface area contributed by atoms with Crippen LogP contribution in [0.5, 0.6) is 5.75 Å². The Balaban J connectivity index is 1.65. The normalized spacial score (nSPS) is 12.3. The van der Waals surface area contributed by atoms with Gasteiger partial charge >= 0.3 is 0 Å². The van der Waals surface area contributed by atoms with Gasteiger partial charge in [-0.1, -0.05) is 65.7 Å². The van der Waals surface area contributed by atoms with Crippen LogP contribution in [0.1, 0.15) is 12.5 Å². The van der Waals surface area contributed by atoms with E-state index in [4.69, 9.17) is 27.9 Å². The highest BCUT2D eigenvalue weighted by Crippen LogP contribution is 2.28. The van der Waals surface area contributed by atoms with E-state index in [1.165, 1.54) is 0 Å². The molecular formula is C20H16Cl2N2O2. The van der Waals surface area contributed by atoms with Gasteiger partial charge in [-0.3, -0.25) is 4.79 Å². The number of fused-ring (bicyclic) bond motifs is 1. The molecule has 6 heteroatoms. The molecule has 1 N–H and O–H groups in total.